The van der Waals surface area contributed by atoms with Gasteiger partial charge in [-0.25, -0.2) is 0 Å². The van der Waals surface area contributed by atoms with E-state index in [0.29, 0.717) is 17.8 Å². The molecule has 5 atom stereocenters. The van der Waals surface area contributed by atoms with Crippen LogP contribution in [0.2, 0.25) is 0 Å². The third kappa shape index (κ3) is 2.94. The van der Waals surface area contributed by atoms with Gasteiger partial charge in [0.2, 0.25) is 0 Å². The molecule has 0 aromatic heterocycles. The maximum Gasteiger partial charge on any atom is 0.0801 e. The molecular weight excluding hydrogens is 260 g/mol. The Hall–Kier alpha value is -0.340. The predicted octanol–water partition coefficient (Wildman–Crippen LogP) is 4.31. The SMILES string of the molecule is C=C[C@@](C)(O)C[C@@H]1[C@]2(C)CCCC(C)(C)[C@@H]2CC[C@@]1(C)O. The van der Waals surface area contributed by atoms with Crippen molar-refractivity contribution in [2.24, 2.45) is 22.7 Å². The third-order valence-electron chi connectivity index (χ3n) is 6.82. The average molecular weight is 294 g/mol. The third-order valence-corrected chi connectivity index (χ3v) is 6.82. The van der Waals surface area contributed by atoms with Crippen LogP contribution < -0.4 is 0 Å². The Labute approximate surface area is 130 Å². The molecule has 122 valence electrons. The Morgan fingerprint density at radius 3 is 2.38 bits per heavy atom. The summed E-state index contributed by atoms with van der Waals surface area (Å²) in [6.07, 6.45) is 7.84. The minimum atomic E-state index is -0.902. The van der Waals surface area contributed by atoms with E-state index in [9.17, 15) is 10.2 Å². The van der Waals surface area contributed by atoms with E-state index in [1.165, 1.54) is 12.8 Å². The van der Waals surface area contributed by atoms with Crippen LogP contribution in [0.5, 0.6) is 0 Å². The Balaban J connectivity index is 2.39. The first-order valence-electron chi connectivity index (χ1n) is 8.53. The van der Waals surface area contributed by atoms with Gasteiger partial charge in [-0.3, -0.25) is 0 Å². The molecule has 0 saturated heterocycles. The van der Waals surface area contributed by atoms with Crippen molar-refractivity contribution in [1.82, 2.24) is 0 Å². The van der Waals surface area contributed by atoms with Crippen LogP contribution in [0.1, 0.15) is 73.1 Å². The number of fused-ring (bicyclic) bond motifs is 1. The molecule has 2 saturated carbocycles. The van der Waals surface area contributed by atoms with E-state index in [-0.39, 0.29) is 11.3 Å². The van der Waals surface area contributed by atoms with E-state index in [1.807, 2.05) is 13.8 Å². The van der Waals surface area contributed by atoms with Crippen LogP contribution in [0.4, 0.5) is 0 Å². The molecule has 2 fully saturated rings. The predicted molar refractivity (Wildman–Crippen MR) is 88.0 cm³/mol. The van der Waals surface area contributed by atoms with Gasteiger partial charge in [0.05, 0.1) is 11.2 Å². The van der Waals surface area contributed by atoms with E-state index < -0.39 is 11.2 Å². The highest BCUT2D eigenvalue weighted by atomic mass is 16.3. The van der Waals surface area contributed by atoms with Crippen LogP contribution in [0.25, 0.3) is 0 Å². The van der Waals surface area contributed by atoms with Crippen LogP contribution >= 0.6 is 0 Å². The van der Waals surface area contributed by atoms with Gasteiger partial charge in [0.1, 0.15) is 0 Å². The smallest absolute Gasteiger partial charge is 0.0801 e. The van der Waals surface area contributed by atoms with Crippen molar-refractivity contribution in [2.75, 3.05) is 0 Å². The fourth-order valence-electron chi connectivity index (χ4n) is 5.57. The Kier molecular flexibility index (Phi) is 4.13. The molecular formula is C19H34O2. The summed E-state index contributed by atoms with van der Waals surface area (Å²) < 4.78 is 0. The lowest BCUT2D eigenvalue weighted by atomic mass is 9.44. The van der Waals surface area contributed by atoms with Gasteiger partial charge >= 0.3 is 0 Å². The van der Waals surface area contributed by atoms with E-state index in [0.717, 1.165) is 19.3 Å². The number of aliphatic hydroxyl groups is 2. The summed E-state index contributed by atoms with van der Waals surface area (Å²) in [6, 6.07) is 0. The van der Waals surface area contributed by atoms with E-state index in [1.54, 1.807) is 6.08 Å². The first kappa shape index (κ1) is 17.0. The minimum Gasteiger partial charge on any atom is -0.390 e. The molecule has 2 nitrogen and oxygen atoms in total. The van der Waals surface area contributed by atoms with Gasteiger partial charge in [-0.1, -0.05) is 33.3 Å². The summed E-state index contributed by atoms with van der Waals surface area (Å²) >= 11 is 0. The topological polar surface area (TPSA) is 40.5 Å². The zero-order valence-corrected chi connectivity index (χ0v) is 14.6. The Morgan fingerprint density at radius 2 is 1.81 bits per heavy atom. The highest BCUT2D eigenvalue weighted by molar-refractivity contribution is 5.10. The first-order valence-corrected chi connectivity index (χ1v) is 8.53. The van der Waals surface area contributed by atoms with Gasteiger partial charge < -0.3 is 10.2 Å². The summed E-state index contributed by atoms with van der Waals surface area (Å²) in [7, 11) is 0. The lowest BCUT2D eigenvalue weighted by Crippen LogP contribution is -2.58. The van der Waals surface area contributed by atoms with Crippen molar-refractivity contribution < 1.29 is 10.2 Å². The molecule has 2 heteroatoms. The maximum atomic E-state index is 11.0. The van der Waals surface area contributed by atoms with Crippen molar-refractivity contribution >= 4 is 0 Å². The largest absolute Gasteiger partial charge is 0.390 e. The summed E-state index contributed by atoms with van der Waals surface area (Å²) in [5.41, 5.74) is -1.15. The van der Waals surface area contributed by atoms with Crippen LogP contribution in [0.15, 0.2) is 12.7 Å². The number of hydrogen-bond acceptors (Lipinski definition) is 2. The summed E-state index contributed by atoms with van der Waals surface area (Å²) in [5.74, 6) is 0.751. The number of rotatable bonds is 3. The molecule has 2 aliphatic carbocycles. The van der Waals surface area contributed by atoms with Crippen molar-refractivity contribution in [3.63, 3.8) is 0 Å². The molecule has 0 spiro atoms. The van der Waals surface area contributed by atoms with E-state index >= 15 is 0 Å². The van der Waals surface area contributed by atoms with Crippen molar-refractivity contribution in [3.8, 4) is 0 Å². The maximum absolute atomic E-state index is 11.0. The Morgan fingerprint density at radius 1 is 1.19 bits per heavy atom. The van der Waals surface area contributed by atoms with Crippen molar-refractivity contribution in [2.45, 2.75) is 84.3 Å². The fourth-order valence-corrected chi connectivity index (χ4v) is 5.57. The molecule has 0 aromatic rings. The monoisotopic (exact) mass is 294 g/mol. The lowest BCUT2D eigenvalue weighted by Gasteiger charge is -2.62. The van der Waals surface area contributed by atoms with Crippen LogP contribution in [0.3, 0.4) is 0 Å². The molecule has 0 radical (unpaired) electrons. The molecule has 0 amide bonds. The van der Waals surface area contributed by atoms with Gasteiger partial charge in [-0.2, -0.15) is 0 Å². The molecule has 2 rings (SSSR count). The summed E-state index contributed by atoms with van der Waals surface area (Å²) in [4.78, 5) is 0. The minimum absolute atomic E-state index is 0.108. The van der Waals surface area contributed by atoms with Crippen LogP contribution in [0, 0.1) is 22.7 Å². The molecule has 21 heavy (non-hydrogen) atoms. The second-order valence-corrected chi connectivity index (χ2v) is 9.11. The second kappa shape index (κ2) is 5.09. The van der Waals surface area contributed by atoms with Gasteiger partial charge in [-0.05, 0) is 68.6 Å². The fraction of sp³-hybridized carbons (Fsp3) is 0.895. The molecule has 0 heterocycles. The molecule has 0 aromatic carbocycles. The number of hydrogen-bond donors (Lipinski definition) is 2. The lowest BCUT2D eigenvalue weighted by molar-refractivity contribution is -0.180. The molecule has 0 aliphatic heterocycles. The average Bonchev–Trinajstić information content (AvgIpc) is 2.33. The molecule has 2 aliphatic rings. The standard InChI is InChI=1S/C19H34O2/c1-7-17(4,20)13-15-18(5)11-8-10-16(2,3)14(18)9-12-19(15,6)21/h7,14-15,20-21H,1,8-13H2,2-6H3/t14-,15+,17+,18+,19+/m0/s1. The van der Waals surface area contributed by atoms with E-state index in [2.05, 4.69) is 27.4 Å². The summed E-state index contributed by atoms with van der Waals surface area (Å²) in [5, 5.41) is 21.5. The zero-order chi connectivity index (χ0) is 16.1. The highest BCUT2D eigenvalue weighted by Gasteiger charge is 2.58. The van der Waals surface area contributed by atoms with Gasteiger partial charge in [0.25, 0.3) is 0 Å². The second-order valence-electron chi connectivity index (χ2n) is 9.11. The quantitative estimate of drug-likeness (QED) is 0.762. The zero-order valence-electron chi connectivity index (χ0n) is 14.6. The van der Waals surface area contributed by atoms with Crippen molar-refractivity contribution in [1.29, 1.82) is 0 Å². The summed E-state index contributed by atoms with van der Waals surface area (Å²) in [6.45, 7) is 14.7. The molecule has 0 unspecified atom stereocenters. The van der Waals surface area contributed by atoms with Crippen LogP contribution in [-0.2, 0) is 0 Å². The Bertz CT molecular complexity index is 408. The van der Waals surface area contributed by atoms with Crippen LogP contribution in [-0.4, -0.2) is 21.4 Å². The van der Waals surface area contributed by atoms with Crippen molar-refractivity contribution in [3.05, 3.63) is 12.7 Å². The first-order chi connectivity index (χ1) is 9.45. The molecule has 0 bridgehead atoms. The van der Waals surface area contributed by atoms with Gasteiger partial charge in [-0.15, -0.1) is 6.58 Å². The highest BCUT2D eigenvalue weighted by Crippen LogP contribution is 2.63. The molecule has 2 N–H and O–H groups in total. The normalized spacial score (nSPS) is 45.5. The van der Waals surface area contributed by atoms with Gasteiger partial charge in [0, 0.05) is 0 Å². The van der Waals surface area contributed by atoms with Gasteiger partial charge in [0.15, 0.2) is 0 Å². The van der Waals surface area contributed by atoms with E-state index in [4.69, 9.17) is 0 Å².